The number of amides is 1. The molecule has 0 saturated heterocycles. The lowest BCUT2D eigenvalue weighted by molar-refractivity contribution is -0.385. The summed E-state index contributed by atoms with van der Waals surface area (Å²) in [6.07, 6.45) is 5.13. The third-order valence-electron chi connectivity index (χ3n) is 4.85. The van der Waals surface area contributed by atoms with Gasteiger partial charge in [-0.25, -0.2) is 4.79 Å². The molecule has 0 aromatic heterocycles. The van der Waals surface area contributed by atoms with Crippen molar-refractivity contribution in [3.63, 3.8) is 0 Å². The zero-order valence-corrected chi connectivity index (χ0v) is 17.1. The summed E-state index contributed by atoms with van der Waals surface area (Å²) in [5, 5.41) is 14.3. The average Bonchev–Trinajstić information content (AvgIpc) is 2.96. The van der Waals surface area contributed by atoms with Crippen molar-refractivity contribution in [2.24, 2.45) is 0 Å². The van der Waals surface area contributed by atoms with Crippen molar-refractivity contribution >= 4 is 17.6 Å². The minimum absolute atomic E-state index is 0.0611. The number of rotatable bonds is 8. The maximum Gasteiger partial charge on any atom is 0.346 e. The predicted molar refractivity (Wildman–Crippen MR) is 105 cm³/mol. The Kier molecular flexibility index (Phi) is 8.23. The van der Waals surface area contributed by atoms with Crippen LogP contribution in [0.15, 0.2) is 12.1 Å². The van der Waals surface area contributed by atoms with Crippen LogP contribution in [-0.4, -0.2) is 42.7 Å². The Morgan fingerprint density at radius 3 is 2.41 bits per heavy atom. The Balaban J connectivity index is 2.14. The van der Waals surface area contributed by atoms with E-state index in [9.17, 15) is 19.7 Å². The number of ether oxygens (including phenoxy) is 3. The molecule has 29 heavy (non-hydrogen) atoms. The van der Waals surface area contributed by atoms with E-state index in [-0.39, 0.29) is 29.7 Å². The number of nitro benzene ring substituents is 1. The summed E-state index contributed by atoms with van der Waals surface area (Å²) in [5.41, 5.74) is -0.778. The van der Waals surface area contributed by atoms with E-state index in [4.69, 9.17) is 14.2 Å². The summed E-state index contributed by atoms with van der Waals surface area (Å²) in [4.78, 5) is 35.7. The van der Waals surface area contributed by atoms with Gasteiger partial charge in [0.15, 0.2) is 17.6 Å². The maximum absolute atomic E-state index is 12.6. The highest BCUT2D eigenvalue weighted by molar-refractivity contribution is 5.96. The van der Waals surface area contributed by atoms with Gasteiger partial charge in [0.25, 0.3) is 11.6 Å². The van der Waals surface area contributed by atoms with Crippen LogP contribution in [0.25, 0.3) is 0 Å². The van der Waals surface area contributed by atoms with Crippen LogP contribution >= 0.6 is 0 Å². The number of nitrogens with zero attached hydrogens (tertiary/aromatic N) is 1. The van der Waals surface area contributed by atoms with Crippen molar-refractivity contribution < 1.29 is 28.7 Å². The second-order valence-electron chi connectivity index (χ2n) is 6.95. The highest BCUT2D eigenvalue weighted by Gasteiger charge is 2.29. The van der Waals surface area contributed by atoms with Crippen LogP contribution in [0.3, 0.4) is 0 Å². The molecule has 1 aliphatic rings. The lowest BCUT2D eigenvalue weighted by atomic mass is 10.1. The number of carbonyl (C=O) groups is 2. The van der Waals surface area contributed by atoms with Crippen molar-refractivity contribution in [1.29, 1.82) is 0 Å². The molecule has 1 aliphatic carbocycles. The van der Waals surface area contributed by atoms with Crippen LogP contribution in [0, 0.1) is 10.1 Å². The van der Waals surface area contributed by atoms with Gasteiger partial charge in [0.05, 0.1) is 24.7 Å². The first kappa shape index (κ1) is 22.4. The van der Waals surface area contributed by atoms with Crippen LogP contribution in [-0.2, 0) is 9.53 Å². The van der Waals surface area contributed by atoms with Crippen LogP contribution in [0.2, 0.25) is 0 Å². The molecule has 1 saturated carbocycles. The molecule has 1 atom stereocenters. The fraction of sp³-hybridized carbons (Fsp3) is 0.600. The molecule has 1 amide bonds. The van der Waals surface area contributed by atoms with Gasteiger partial charge in [-0.15, -0.1) is 0 Å². The number of methoxy groups -OCH3 is 1. The van der Waals surface area contributed by atoms with E-state index >= 15 is 0 Å². The van der Waals surface area contributed by atoms with Crippen molar-refractivity contribution in [3.8, 4) is 11.5 Å². The molecule has 160 valence electrons. The summed E-state index contributed by atoms with van der Waals surface area (Å²) in [7, 11) is 1.35. The smallest absolute Gasteiger partial charge is 0.346 e. The molecule has 9 heteroatoms. The molecule has 0 aliphatic heterocycles. The number of carbonyl (C=O) groups excluding carboxylic acids is 2. The van der Waals surface area contributed by atoms with E-state index in [1.165, 1.54) is 20.1 Å². The van der Waals surface area contributed by atoms with Crippen LogP contribution in [0.1, 0.15) is 62.7 Å². The lowest BCUT2D eigenvalue weighted by Crippen LogP contribution is -2.41. The van der Waals surface area contributed by atoms with E-state index in [1.54, 1.807) is 6.92 Å². The molecule has 0 spiro atoms. The largest absolute Gasteiger partial charge is 0.493 e. The van der Waals surface area contributed by atoms with Gasteiger partial charge in [0.1, 0.15) is 5.56 Å². The van der Waals surface area contributed by atoms with Gasteiger partial charge in [-0.1, -0.05) is 25.7 Å². The zero-order valence-electron chi connectivity index (χ0n) is 17.1. The molecule has 0 radical (unpaired) electrons. The standard InChI is InChI=1S/C20H28N2O7/c1-4-28-18-11-15(16(22(25)26)12-17(18)27-3)20(24)29-13(2)19(23)21-14-9-7-5-6-8-10-14/h11-14H,4-10H2,1-3H3,(H,21,23)/t13-/m0/s1. The number of hydrogen-bond acceptors (Lipinski definition) is 7. The lowest BCUT2D eigenvalue weighted by Gasteiger charge is -2.20. The zero-order chi connectivity index (χ0) is 21.4. The van der Waals surface area contributed by atoms with E-state index in [1.807, 2.05) is 0 Å². The molecule has 1 aromatic rings. The maximum atomic E-state index is 12.6. The summed E-state index contributed by atoms with van der Waals surface area (Å²) in [5.74, 6) is -1.06. The summed E-state index contributed by atoms with van der Waals surface area (Å²) >= 11 is 0. The van der Waals surface area contributed by atoms with Gasteiger partial charge in [0.2, 0.25) is 0 Å². The highest BCUT2D eigenvalue weighted by atomic mass is 16.6. The van der Waals surface area contributed by atoms with Gasteiger partial charge in [-0.2, -0.15) is 0 Å². The quantitative estimate of drug-likeness (QED) is 0.303. The monoisotopic (exact) mass is 408 g/mol. The average molecular weight is 408 g/mol. The molecular formula is C20H28N2O7. The second kappa shape index (κ2) is 10.6. The van der Waals surface area contributed by atoms with Crippen LogP contribution in [0.4, 0.5) is 5.69 Å². The van der Waals surface area contributed by atoms with E-state index in [2.05, 4.69) is 5.32 Å². The SMILES string of the molecule is CCOc1cc(C(=O)O[C@@H](C)C(=O)NC2CCCCCC2)c([N+](=O)[O-])cc1OC. The van der Waals surface area contributed by atoms with Crippen molar-refractivity contribution in [2.45, 2.75) is 64.5 Å². The number of hydrogen-bond donors (Lipinski definition) is 1. The molecule has 2 rings (SSSR count). The van der Waals surface area contributed by atoms with Gasteiger partial charge in [-0.05, 0) is 26.7 Å². The normalized spacial score (nSPS) is 15.7. The Morgan fingerprint density at radius 2 is 1.86 bits per heavy atom. The molecule has 0 unspecified atom stereocenters. The Hall–Kier alpha value is -2.84. The number of benzene rings is 1. The first-order valence-corrected chi connectivity index (χ1v) is 9.88. The van der Waals surface area contributed by atoms with E-state index < -0.39 is 28.6 Å². The van der Waals surface area contributed by atoms with Gasteiger partial charge >= 0.3 is 5.97 Å². The Morgan fingerprint density at radius 1 is 1.21 bits per heavy atom. The molecule has 9 nitrogen and oxygen atoms in total. The van der Waals surface area contributed by atoms with Gasteiger partial charge < -0.3 is 19.5 Å². The molecular weight excluding hydrogens is 380 g/mol. The first-order chi connectivity index (χ1) is 13.9. The third kappa shape index (κ3) is 6.07. The number of nitro groups is 1. The van der Waals surface area contributed by atoms with Crippen molar-refractivity contribution in [3.05, 3.63) is 27.8 Å². The van der Waals surface area contributed by atoms with Gasteiger partial charge in [0, 0.05) is 12.1 Å². The summed E-state index contributed by atoms with van der Waals surface area (Å²) < 4.78 is 15.7. The second-order valence-corrected chi connectivity index (χ2v) is 6.95. The predicted octanol–water partition coefficient (Wildman–Crippen LogP) is 3.39. The molecule has 1 aromatic carbocycles. The fourth-order valence-corrected chi connectivity index (χ4v) is 3.31. The third-order valence-corrected chi connectivity index (χ3v) is 4.85. The van der Waals surface area contributed by atoms with Crippen LogP contribution in [0.5, 0.6) is 11.5 Å². The fourth-order valence-electron chi connectivity index (χ4n) is 3.31. The van der Waals surface area contributed by atoms with Crippen molar-refractivity contribution in [2.75, 3.05) is 13.7 Å². The Labute approximate surface area is 169 Å². The number of nitrogens with one attached hydrogen (secondary N) is 1. The highest BCUT2D eigenvalue weighted by Crippen LogP contribution is 2.35. The van der Waals surface area contributed by atoms with E-state index in [0.29, 0.717) is 0 Å². The molecule has 1 fully saturated rings. The topological polar surface area (TPSA) is 117 Å². The Bertz CT molecular complexity index is 743. The summed E-state index contributed by atoms with van der Waals surface area (Å²) in [6, 6.07) is 2.38. The van der Waals surface area contributed by atoms with Gasteiger partial charge in [-0.3, -0.25) is 14.9 Å². The first-order valence-electron chi connectivity index (χ1n) is 9.88. The van der Waals surface area contributed by atoms with E-state index in [0.717, 1.165) is 44.6 Å². The minimum Gasteiger partial charge on any atom is -0.493 e. The molecule has 0 bridgehead atoms. The molecule has 1 N–H and O–H groups in total. The van der Waals surface area contributed by atoms with Crippen LogP contribution < -0.4 is 14.8 Å². The number of esters is 1. The van der Waals surface area contributed by atoms with Crippen molar-refractivity contribution in [1.82, 2.24) is 5.32 Å². The summed E-state index contributed by atoms with van der Waals surface area (Å²) in [6.45, 7) is 3.46. The molecule has 0 heterocycles. The minimum atomic E-state index is -1.08.